The van der Waals surface area contributed by atoms with Gasteiger partial charge in [0.05, 0.1) is 12.7 Å². The maximum atomic E-state index is 11.5. The molecule has 0 aromatic rings. The molecule has 4 aliphatic carbocycles. The van der Waals surface area contributed by atoms with Crippen LogP contribution in [0.25, 0.3) is 0 Å². The van der Waals surface area contributed by atoms with Crippen molar-refractivity contribution in [1.29, 1.82) is 0 Å². The molecule has 0 aromatic heterocycles. The van der Waals surface area contributed by atoms with Crippen LogP contribution in [0.5, 0.6) is 0 Å². The minimum absolute atomic E-state index is 0.00626. The Labute approximate surface area is 228 Å². The van der Waals surface area contributed by atoms with Crippen molar-refractivity contribution < 1.29 is 39.4 Å². The second kappa shape index (κ2) is 11.0. The fourth-order valence-corrected chi connectivity index (χ4v) is 9.95. The van der Waals surface area contributed by atoms with Gasteiger partial charge < -0.3 is 5.11 Å². The first-order valence-electron chi connectivity index (χ1n) is 14.2. The summed E-state index contributed by atoms with van der Waals surface area (Å²) in [6, 6.07) is 0. The van der Waals surface area contributed by atoms with E-state index in [1.54, 1.807) is 0 Å². The molecule has 0 heterocycles. The van der Waals surface area contributed by atoms with E-state index in [4.69, 9.17) is 8.37 Å². The zero-order valence-electron chi connectivity index (χ0n) is 23.1. The number of aliphatic hydroxyl groups is 1. The predicted octanol–water partition coefficient (Wildman–Crippen LogP) is 4.99. The summed E-state index contributed by atoms with van der Waals surface area (Å²) in [5, 5.41) is 10.6. The summed E-state index contributed by atoms with van der Waals surface area (Å²) in [5.74, 6) is 2.05. The standard InChI is InChI=1S/C27H46O9S2/c1-17(2)6-5-7-18(16-35-37(29,30)31)21-10-11-22-20-9-8-19-14-24(28)25(36-38(32,33)34)15-27(19,4)23(20)12-13-26(21,22)3/h8,17-18,20-25,28H,5-7,9-16H2,1-4H3,(H,29,30,31)(H,32,33,34)/t18?,20?,21?,22?,23?,24-,25-,26?,27?/m0/s1. The van der Waals surface area contributed by atoms with E-state index in [2.05, 4.69) is 33.8 Å². The topological polar surface area (TPSA) is 147 Å². The van der Waals surface area contributed by atoms with Gasteiger partial charge in [0.25, 0.3) is 0 Å². The van der Waals surface area contributed by atoms with E-state index >= 15 is 0 Å². The van der Waals surface area contributed by atoms with Crippen LogP contribution in [0.1, 0.15) is 91.9 Å². The number of rotatable bonds is 10. The number of fused-ring (bicyclic) bond motifs is 5. The van der Waals surface area contributed by atoms with Gasteiger partial charge in [0.2, 0.25) is 0 Å². The average Bonchev–Trinajstić information content (AvgIpc) is 3.12. The summed E-state index contributed by atoms with van der Waals surface area (Å²) in [6.45, 7) is 8.88. The van der Waals surface area contributed by atoms with Crippen molar-refractivity contribution in [3.63, 3.8) is 0 Å². The van der Waals surface area contributed by atoms with Gasteiger partial charge in [-0.15, -0.1) is 0 Å². The molecule has 0 saturated heterocycles. The lowest BCUT2D eigenvalue weighted by molar-refractivity contribution is -0.0853. The molecular weight excluding hydrogens is 532 g/mol. The van der Waals surface area contributed by atoms with Crippen LogP contribution in [0.15, 0.2) is 11.6 Å². The Morgan fingerprint density at radius 3 is 2.37 bits per heavy atom. The molecule has 0 aromatic carbocycles. The van der Waals surface area contributed by atoms with E-state index in [0.29, 0.717) is 42.4 Å². The monoisotopic (exact) mass is 578 g/mol. The van der Waals surface area contributed by atoms with Crippen LogP contribution in [0.4, 0.5) is 0 Å². The van der Waals surface area contributed by atoms with E-state index in [1.165, 1.54) is 0 Å². The molecule has 0 amide bonds. The molecule has 4 rings (SSSR count). The molecule has 11 heteroatoms. The largest absolute Gasteiger partial charge is 0.397 e. The van der Waals surface area contributed by atoms with Crippen molar-refractivity contribution in [2.24, 2.45) is 46.3 Å². The second-order valence-corrected chi connectivity index (χ2v) is 15.5. The lowest BCUT2D eigenvalue weighted by Gasteiger charge is -2.59. The lowest BCUT2D eigenvalue weighted by atomic mass is 9.46. The Hall–Kier alpha value is -0.560. The Bertz CT molecular complexity index is 1100. The molecule has 9 nitrogen and oxygen atoms in total. The zero-order chi connectivity index (χ0) is 28.1. The van der Waals surface area contributed by atoms with Crippen molar-refractivity contribution in [2.45, 2.75) is 104 Å². The van der Waals surface area contributed by atoms with Crippen LogP contribution in [0.2, 0.25) is 0 Å². The van der Waals surface area contributed by atoms with Gasteiger partial charge in [0.1, 0.15) is 6.10 Å². The Balaban J connectivity index is 1.55. The van der Waals surface area contributed by atoms with E-state index in [0.717, 1.165) is 56.9 Å². The summed E-state index contributed by atoms with van der Waals surface area (Å²) in [4.78, 5) is 0. The van der Waals surface area contributed by atoms with Gasteiger partial charge in [-0.05, 0) is 97.7 Å². The minimum atomic E-state index is -4.67. The van der Waals surface area contributed by atoms with E-state index in [1.807, 2.05) is 0 Å². The number of hydrogen-bond acceptors (Lipinski definition) is 7. The van der Waals surface area contributed by atoms with Crippen LogP contribution in [-0.2, 0) is 29.2 Å². The van der Waals surface area contributed by atoms with Gasteiger partial charge >= 0.3 is 20.8 Å². The Morgan fingerprint density at radius 1 is 1.03 bits per heavy atom. The van der Waals surface area contributed by atoms with Gasteiger partial charge in [0, 0.05) is 0 Å². The highest BCUT2D eigenvalue weighted by molar-refractivity contribution is 7.81. The number of allylic oxidation sites excluding steroid dienone is 1. The maximum absolute atomic E-state index is 11.5. The van der Waals surface area contributed by atoms with Gasteiger partial charge in [-0.25, -0.2) is 8.37 Å². The van der Waals surface area contributed by atoms with E-state index < -0.39 is 33.0 Å². The molecule has 3 saturated carbocycles. The van der Waals surface area contributed by atoms with Gasteiger partial charge in [-0.2, -0.15) is 16.8 Å². The summed E-state index contributed by atoms with van der Waals surface area (Å²) in [6.07, 6.45) is 8.77. The number of hydrogen-bond donors (Lipinski definition) is 3. The molecule has 4 aliphatic rings. The Kier molecular flexibility index (Phi) is 8.82. The molecule has 0 bridgehead atoms. The van der Waals surface area contributed by atoms with Crippen LogP contribution >= 0.6 is 0 Å². The number of aliphatic hydroxyl groups excluding tert-OH is 1. The van der Waals surface area contributed by atoms with Gasteiger partial charge in [-0.3, -0.25) is 9.11 Å². The summed E-state index contributed by atoms with van der Waals surface area (Å²) >= 11 is 0. The molecule has 0 aliphatic heterocycles. The molecule has 7 unspecified atom stereocenters. The third kappa shape index (κ3) is 6.34. The van der Waals surface area contributed by atoms with Crippen molar-refractivity contribution >= 4 is 20.8 Å². The van der Waals surface area contributed by atoms with Crippen LogP contribution in [-0.4, -0.2) is 49.9 Å². The second-order valence-electron chi connectivity index (χ2n) is 13.3. The van der Waals surface area contributed by atoms with Crippen molar-refractivity contribution in [3.8, 4) is 0 Å². The van der Waals surface area contributed by atoms with Crippen LogP contribution in [0, 0.1) is 46.3 Å². The predicted molar refractivity (Wildman–Crippen MR) is 143 cm³/mol. The molecule has 0 radical (unpaired) electrons. The molecule has 3 fully saturated rings. The highest BCUT2D eigenvalue weighted by atomic mass is 32.3. The Morgan fingerprint density at radius 2 is 1.74 bits per heavy atom. The third-order valence-corrected chi connectivity index (χ3v) is 11.7. The minimum Gasteiger partial charge on any atom is -0.390 e. The average molecular weight is 579 g/mol. The first-order valence-corrected chi connectivity index (χ1v) is 16.9. The molecule has 220 valence electrons. The fraction of sp³-hybridized carbons (Fsp3) is 0.926. The van der Waals surface area contributed by atoms with Crippen molar-refractivity contribution in [3.05, 3.63) is 11.6 Å². The first-order chi connectivity index (χ1) is 17.5. The van der Waals surface area contributed by atoms with E-state index in [-0.39, 0.29) is 23.4 Å². The van der Waals surface area contributed by atoms with E-state index in [9.17, 15) is 31.0 Å². The molecule has 38 heavy (non-hydrogen) atoms. The van der Waals surface area contributed by atoms with Crippen LogP contribution in [0.3, 0.4) is 0 Å². The summed E-state index contributed by atoms with van der Waals surface area (Å²) in [5.41, 5.74) is 0.862. The SMILES string of the molecule is CC(C)CCCC(COS(=O)(=O)O)C1CCC2C3CC=C4C[C@H](O)[C@@H](OS(=O)(=O)O)CC4(C)C3CCC12C. The summed E-state index contributed by atoms with van der Waals surface area (Å²) < 4.78 is 74.2. The van der Waals surface area contributed by atoms with Crippen LogP contribution < -0.4 is 0 Å². The zero-order valence-corrected chi connectivity index (χ0v) is 24.7. The smallest absolute Gasteiger partial charge is 0.390 e. The quantitative estimate of drug-likeness (QED) is 0.241. The highest BCUT2D eigenvalue weighted by Crippen LogP contribution is 2.67. The van der Waals surface area contributed by atoms with Gasteiger partial charge in [-0.1, -0.05) is 52.2 Å². The first kappa shape index (κ1) is 30.4. The highest BCUT2D eigenvalue weighted by Gasteiger charge is 2.60. The normalized spacial score (nSPS) is 40.3. The molecular formula is C27H46O9S2. The van der Waals surface area contributed by atoms with Crippen molar-refractivity contribution in [2.75, 3.05) is 6.61 Å². The summed E-state index contributed by atoms with van der Waals surface area (Å²) in [7, 11) is -9.18. The lowest BCUT2D eigenvalue weighted by Crippen LogP contribution is -2.54. The maximum Gasteiger partial charge on any atom is 0.397 e. The van der Waals surface area contributed by atoms with Gasteiger partial charge in [0.15, 0.2) is 0 Å². The van der Waals surface area contributed by atoms with Crippen molar-refractivity contribution in [1.82, 2.24) is 0 Å². The fourth-order valence-electron chi connectivity index (χ4n) is 9.10. The third-order valence-electron chi connectivity index (χ3n) is 10.8. The molecule has 0 spiro atoms. The molecule has 9 atom stereocenters. The molecule has 3 N–H and O–H groups in total.